The Kier molecular flexibility index (Phi) is 7.64. The number of benzene rings is 8. The van der Waals surface area contributed by atoms with E-state index in [-0.39, 0.29) is 12.3 Å². The summed E-state index contributed by atoms with van der Waals surface area (Å²) in [5, 5.41) is 12.2. The minimum atomic E-state index is -0.266. The molecule has 8 aromatic carbocycles. The molecule has 2 unspecified atom stereocenters. The number of hydrogen-bond acceptors (Lipinski definition) is 4. The van der Waals surface area contributed by atoms with Gasteiger partial charge in [-0.15, -0.1) is 0 Å². The fourth-order valence-corrected chi connectivity index (χ4v) is 8.47. The SMILES string of the molecule is c1ccc(-c2cccc(C3=NC(c4ccccc4)NC(c4cccc5oc6c(-n7c8ccccc8c8ccc(-c9ccccc9)cc87)cccc6c45)N3)c2)cc1. The summed E-state index contributed by atoms with van der Waals surface area (Å²) >= 11 is 0. The van der Waals surface area contributed by atoms with Gasteiger partial charge in [-0.3, -0.25) is 5.32 Å². The van der Waals surface area contributed by atoms with Gasteiger partial charge in [0.1, 0.15) is 23.8 Å². The Balaban J connectivity index is 1.07. The molecule has 56 heavy (non-hydrogen) atoms. The van der Waals surface area contributed by atoms with Crippen LogP contribution in [0.25, 0.3) is 71.7 Å². The molecule has 0 bridgehead atoms. The fraction of sp³-hybridized carbons (Fsp3) is 0.0392. The van der Waals surface area contributed by atoms with Gasteiger partial charge in [-0.1, -0.05) is 164 Å². The molecule has 2 atom stereocenters. The molecule has 1 aliphatic rings. The van der Waals surface area contributed by atoms with Crippen LogP contribution in [0.4, 0.5) is 0 Å². The summed E-state index contributed by atoms with van der Waals surface area (Å²) in [6.07, 6.45) is -0.527. The second kappa shape index (κ2) is 13.3. The van der Waals surface area contributed by atoms with Crippen LogP contribution < -0.4 is 10.6 Å². The lowest BCUT2D eigenvalue weighted by Gasteiger charge is -2.32. The number of fused-ring (bicyclic) bond motifs is 6. The molecule has 2 N–H and O–H groups in total. The molecule has 0 spiro atoms. The Labute approximate surface area is 324 Å². The van der Waals surface area contributed by atoms with Crippen molar-refractivity contribution in [3.63, 3.8) is 0 Å². The second-order valence-electron chi connectivity index (χ2n) is 14.4. The standard InChI is InChI=1S/C51H36N4O/c1-4-15-33(16-5-1)36-21-12-22-38(31-36)50-52-49(35-19-8-3-9-20-35)53-51(54-50)42-25-14-28-46-47(42)41-24-13-27-44(48(41)56-46)55-43-26-11-10-23-39(43)40-30-29-37(32-45(40)55)34-17-6-2-7-18-34/h1-32,49,51,53H,(H,52,54). The summed E-state index contributed by atoms with van der Waals surface area (Å²) in [5.41, 5.74) is 12.9. The molecule has 0 aliphatic carbocycles. The van der Waals surface area contributed by atoms with Gasteiger partial charge in [0.05, 0.1) is 16.7 Å². The quantitative estimate of drug-likeness (QED) is 0.180. The average molecular weight is 721 g/mol. The van der Waals surface area contributed by atoms with Gasteiger partial charge in [-0.2, -0.15) is 0 Å². The third-order valence-electron chi connectivity index (χ3n) is 11.1. The summed E-state index contributed by atoms with van der Waals surface area (Å²) in [5.74, 6) is 0.838. The van der Waals surface area contributed by atoms with Crippen LogP contribution >= 0.6 is 0 Å². The number of amidine groups is 1. The highest BCUT2D eigenvalue weighted by molar-refractivity contribution is 6.14. The molecule has 0 saturated heterocycles. The predicted molar refractivity (Wildman–Crippen MR) is 230 cm³/mol. The van der Waals surface area contributed by atoms with Crippen molar-refractivity contribution in [3.05, 3.63) is 211 Å². The number of rotatable bonds is 6. The van der Waals surface area contributed by atoms with Crippen LogP contribution in [0.3, 0.4) is 0 Å². The first kappa shape index (κ1) is 32.2. The Morgan fingerprint density at radius 3 is 1.91 bits per heavy atom. The molecule has 0 amide bonds. The first-order valence-corrected chi connectivity index (χ1v) is 19.1. The first-order chi connectivity index (χ1) is 27.8. The van der Waals surface area contributed by atoms with E-state index in [0.29, 0.717) is 0 Å². The van der Waals surface area contributed by atoms with E-state index in [0.717, 1.165) is 66.7 Å². The highest BCUT2D eigenvalue weighted by atomic mass is 16.3. The average Bonchev–Trinajstić information content (AvgIpc) is 3.83. The van der Waals surface area contributed by atoms with Crippen LogP contribution in [0.5, 0.6) is 0 Å². The monoisotopic (exact) mass is 720 g/mol. The lowest BCUT2D eigenvalue weighted by Crippen LogP contribution is -2.45. The zero-order valence-electron chi connectivity index (χ0n) is 30.4. The molecule has 5 nitrogen and oxygen atoms in total. The number of nitrogens with zero attached hydrogens (tertiary/aromatic N) is 2. The normalized spacial score (nSPS) is 15.7. The molecule has 266 valence electrons. The molecule has 10 aromatic rings. The molecule has 3 heterocycles. The fourth-order valence-electron chi connectivity index (χ4n) is 8.47. The maximum atomic E-state index is 6.93. The molecule has 11 rings (SSSR count). The van der Waals surface area contributed by atoms with Gasteiger partial charge >= 0.3 is 0 Å². The van der Waals surface area contributed by atoms with Gasteiger partial charge in [0.15, 0.2) is 5.58 Å². The van der Waals surface area contributed by atoms with Crippen LogP contribution in [0.1, 0.15) is 29.0 Å². The van der Waals surface area contributed by atoms with Gasteiger partial charge in [0, 0.05) is 32.7 Å². The van der Waals surface area contributed by atoms with E-state index >= 15 is 0 Å². The topological polar surface area (TPSA) is 54.5 Å². The summed E-state index contributed by atoms with van der Waals surface area (Å²) in [6.45, 7) is 0. The van der Waals surface area contributed by atoms with Crippen molar-refractivity contribution in [1.82, 2.24) is 15.2 Å². The van der Waals surface area contributed by atoms with Crippen molar-refractivity contribution >= 4 is 49.6 Å². The third kappa shape index (κ3) is 5.40. The van der Waals surface area contributed by atoms with E-state index in [1.54, 1.807) is 0 Å². The van der Waals surface area contributed by atoms with Crippen molar-refractivity contribution in [3.8, 4) is 27.9 Å². The van der Waals surface area contributed by atoms with Crippen molar-refractivity contribution in [2.75, 3.05) is 0 Å². The molecular formula is C51H36N4O. The van der Waals surface area contributed by atoms with Crippen molar-refractivity contribution in [2.45, 2.75) is 12.3 Å². The van der Waals surface area contributed by atoms with Crippen molar-refractivity contribution in [2.24, 2.45) is 4.99 Å². The van der Waals surface area contributed by atoms with Crippen LogP contribution in [0, 0.1) is 0 Å². The Morgan fingerprint density at radius 2 is 1.11 bits per heavy atom. The highest BCUT2D eigenvalue weighted by Gasteiger charge is 2.28. The molecule has 1 aliphatic heterocycles. The second-order valence-corrected chi connectivity index (χ2v) is 14.4. The van der Waals surface area contributed by atoms with Crippen molar-refractivity contribution in [1.29, 1.82) is 0 Å². The smallest absolute Gasteiger partial charge is 0.159 e. The number of para-hydroxylation sites is 2. The molecule has 0 radical (unpaired) electrons. The highest BCUT2D eigenvalue weighted by Crippen LogP contribution is 2.41. The first-order valence-electron chi connectivity index (χ1n) is 19.1. The van der Waals surface area contributed by atoms with Gasteiger partial charge in [-0.25, -0.2) is 4.99 Å². The number of furan rings is 1. The van der Waals surface area contributed by atoms with E-state index in [9.17, 15) is 0 Å². The van der Waals surface area contributed by atoms with Gasteiger partial charge in [0.2, 0.25) is 0 Å². The molecule has 0 saturated carbocycles. The minimum Gasteiger partial charge on any atom is -0.454 e. The summed E-state index contributed by atoms with van der Waals surface area (Å²) < 4.78 is 9.30. The Bertz CT molecular complexity index is 3090. The number of aromatic nitrogens is 1. The maximum absolute atomic E-state index is 6.93. The molecule has 5 heteroatoms. The van der Waals surface area contributed by atoms with E-state index in [1.807, 2.05) is 6.07 Å². The van der Waals surface area contributed by atoms with Gasteiger partial charge in [0.25, 0.3) is 0 Å². The van der Waals surface area contributed by atoms with Crippen molar-refractivity contribution < 1.29 is 4.42 Å². The maximum Gasteiger partial charge on any atom is 0.159 e. The summed E-state index contributed by atoms with van der Waals surface area (Å²) in [6, 6.07) is 68.5. The summed E-state index contributed by atoms with van der Waals surface area (Å²) in [4.78, 5) is 5.27. The van der Waals surface area contributed by atoms with E-state index in [4.69, 9.17) is 9.41 Å². The van der Waals surface area contributed by atoms with Crippen LogP contribution in [-0.4, -0.2) is 10.4 Å². The van der Waals surface area contributed by atoms with E-state index in [1.165, 1.54) is 27.5 Å². The lowest BCUT2D eigenvalue weighted by atomic mass is 10.00. The number of nitrogens with one attached hydrogen (secondary N) is 2. The van der Waals surface area contributed by atoms with E-state index < -0.39 is 0 Å². The Hall–Kier alpha value is -7.21. The van der Waals surface area contributed by atoms with Gasteiger partial charge < -0.3 is 14.3 Å². The third-order valence-corrected chi connectivity index (χ3v) is 11.1. The number of aliphatic imine (C=N–C) groups is 1. The van der Waals surface area contributed by atoms with Crippen LogP contribution in [0.15, 0.2) is 204 Å². The zero-order chi connectivity index (χ0) is 37.0. The number of hydrogen-bond donors (Lipinski definition) is 2. The van der Waals surface area contributed by atoms with Gasteiger partial charge in [-0.05, 0) is 58.1 Å². The van der Waals surface area contributed by atoms with E-state index in [2.05, 4.69) is 203 Å². The minimum absolute atomic E-state index is 0.261. The van der Waals surface area contributed by atoms with Crippen LogP contribution in [-0.2, 0) is 0 Å². The molecular weight excluding hydrogens is 685 g/mol. The predicted octanol–water partition coefficient (Wildman–Crippen LogP) is 12.4. The summed E-state index contributed by atoms with van der Waals surface area (Å²) in [7, 11) is 0. The molecule has 0 fully saturated rings. The largest absolute Gasteiger partial charge is 0.454 e. The molecule has 2 aromatic heterocycles. The Morgan fingerprint density at radius 1 is 0.482 bits per heavy atom. The van der Waals surface area contributed by atoms with Crippen LogP contribution in [0.2, 0.25) is 0 Å². The zero-order valence-corrected chi connectivity index (χ0v) is 30.4. The lowest BCUT2D eigenvalue weighted by molar-refractivity contribution is 0.411.